The SMILES string of the molecule is C.Cc1cc2c(cc1C)C(=O)[C@]1(O)CCN(c3ccc4scnc4c3)C1=N2. The molecule has 3 heterocycles. The second-order valence-corrected chi connectivity index (χ2v) is 7.87. The molecule has 0 amide bonds. The summed E-state index contributed by atoms with van der Waals surface area (Å²) in [5.74, 6) is 0.172. The van der Waals surface area contributed by atoms with E-state index in [1.807, 2.05) is 54.6 Å². The Hall–Kier alpha value is -2.57. The second-order valence-electron chi connectivity index (χ2n) is 6.98. The lowest BCUT2D eigenvalue weighted by Crippen LogP contribution is -2.48. The van der Waals surface area contributed by atoms with Crippen LogP contribution >= 0.6 is 11.3 Å². The minimum absolute atomic E-state index is 0. The molecule has 0 unspecified atom stereocenters. The van der Waals surface area contributed by atoms with E-state index in [1.165, 1.54) is 0 Å². The summed E-state index contributed by atoms with van der Waals surface area (Å²) < 4.78 is 1.11. The van der Waals surface area contributed by atoms with Crippen molar-refractivity contribution in [3.63, 3.8) is 0 Å². The Balaban J connectivity index is 0.00000180. The third kappa shape index (κ3) is 2.44. The van der Waals surface area contributed by atoms with Crippen molar-refractivity contribution in [3.05, 3.63) is 52.5 Å². The summed E-state index contributed by atoms with van der Waals surface area (Å²) in [6.07, 6.45) is 0.339. The largest absolute Gasteiger partial charge is 0.374 e. The van der Waals surface area contributed by atoms with Gasteiger partial charge in [0.1, 0.15) is 5.84 Å². The van der Waals surface area contributed by atoms with Gasteiger partial charge < -0.3 is 10.0 Å². The van der Waals surface area contributed by atoms with Crippen LogP contribution in [0.25, 0.3) is 10.2 Å². The maximum atomic E-state index is 13.1. The first kappa shape index (κ1) is 17.8. The van der Waals surface area contributed by atoms with Crippen LogP contribution in [0.4, 0.5) is 11.4 Å². The molecule has 6 heteroatoms. The third-order valence-electron chi connectivity index (χ3n) is 5.41. The molecule has 0 aliphatic carbocycles. The van der Waals surface area contributed by atoms with E-state index >= 15 is 0 Å². The van der Waals surface area contributed by atoms with Gasteiger partial charge in [-0.3, -0.25) is 4.79 Å². The molecule has 27 heavy (non-hydrogen) atoms. The number of ketones is 1. The number of aliphatic imine (C=N–C) groups is 1. The predicted octanol–water partition coefficient (Wildman–Crippen LogP) is 4.42. The van der Waals surface area contributed by atoms with Gasteiger partial charge in [0.15, 0.2) is 5.60 Å². The first-order valence-electron chi connectivity index (χ1n) is 8.56. The molecular formula is C21H21N3O2S. The number of Topliss-reactive ketones (excluding diaryl/α,β-unsaturated/α-hetero) is 1. The normalized spacial score (nSPS) is 20.9. The molecule has 138 valence electrons. The summed E-state index contributed by atoms with van der Waals surface area (Å²) in [6.45, 7) is 4.52. The zero-order valence-electron chi connectivity index (χ0n) is 14.5. The number of benzene rings is 2. The van der Waals surface area contributed by atoms with Gasteiger partial charge in [-0.1, -0.05) is 7.43 Å². The van der Waals surface area contributed by atoms with Crippen LogP contribution in [0.3, 0.4) is 0 Å². The number of aliphatic hydroxyl groups is 1. The molecule has 2 aliphatic rings. The minimum Gasteiger partial charge on any atom is -0.374 e. The number of carbonyl (C=O) groups is 1. The van der Waals surface area contributed by atoms with Gasteiger partial charge in [-0.2, -0.15) is 0 Å². The second kappa shape index (κ2) is 5.97. The zero-order valence-corrected chi connectivity index (χ0v) is 15.3. The monoisotopic (exact) mass is 379 g/mol. The summed E-state index contributed by atoms with van der Waals surface area (Å²) in [4.78, 5) is 24.1. The number of nitrogens with zero attached hydrogens (tertiary/aromatic N) is 3. The van der Waals surface area contributed by atoms with Crippen molar-refractivity contribution in [2.75, 3.05) is 11.4 Å². The highest BCUT2D eigenvalue weighted by atomic mass is 32.1. The van der Waals surface area contributed by atoms with Crippen LogP contribution in [-0.4, -0.2) is 33.9 Å². The van der Waals surface area contributed by atoms with E-state index in [0.717, 1.165) is 27.0 Å². The summed E-state index contributed by atoms with van der Waals surface area (Å²) in [6, 6.07) is 9.77. The van der Waals surface area contributed by atoms with E-state index in [1.54, 1.807) is 11.3 Å². The lowest BCUT2D eigenvalue weighted by Gasteiger charge is -2.30. The average Bonchev–Trinajstić information content (AvgIpc) is 3.22. The number of carbonyl (C=O) groups excluding carboxylic acids is 1. The molecule has 5 nitrogen and oxygen atoms in total. The fourth-order valence-electron chi connectivity index (χ4n) is 3.76. The van der Waals surface area contributed by atoms with Crippen molar-refractivity contribution < 1.29 is 9.90 Å². The summed E-state index contributed by atoms with van der Waals surface area (Å²) in [5.41, 5.74) is 5.35. The molecule has 2 aliphatic heterocycles. The molecule has 0 spiro atoms. The lowest BCUT2D eigenvalue weighted by molar-refractivity contribution is 0.0602. The van der Waals surface area contributed by atoms with Gasteiger partial charge in [0.05, 0.1) is 21.4 Å². The number of hydrogen-bond donors (Lipinski definition) is 1. The molecule has 1 N–H and O–H groups in total. The first-order chi connectivity index (χ1) is 12.5. The quantitative estimate of drug-likeness (QED) is 0.680. The predicted molar refractivity (Wildman–Crippen MR) is 111 cm³/mol. The maximum Gasteiger partial charge on any atom is 0.204 e. The van der Waals surface area contributed by atoms with Crippen molar-refractivity contribution in [1.29, 1.82) is 0 Å². The Kier molecular flexibility index (Phi) is 3.94. The van der Waals surface area contributed by atoms with Crippen LogP contribution < -0.4 is 4.90 Å². The number of fused-ring (bicyclic) bond motifs is 3. The topological polar surface area (TPSA) is 65.8 Å². The van der Waals surface area contributed by atoms with E-state index in [2.05, 4.69) is 4.98 Å². The Morgan fingerprint density at radius 2 is 1.96 bits per heavy atom. The van der Waals surface area contributed by atoms with Gasteiger partial charge in [0.2, 0.25) is 5.78 Å². The Morgan fingerprint density at radius 3 is 2.78 bits per heavy atom. The highest BCUT2D eigenvalue weighted by molar-refractivity contribution is 7.16. The molecule has 0 bridgehead atoms. The number of aromatic nitrogens is 1. The summed E-state index contributed by atoms with van der Waals surface area (Å²) >= 11 is 1.59. The maximum absolute atomic E-state index is 13.1. The van der Waals surface area contributed by atoms with Crippen LogP contribution in [0.2, 0.25) is 0 Å². The highest BCUT2D eigenvalue weighted by Crippen LogP contribution is 2.40. The lowest BCUT2D eigenvalue weighted by atomic mass is 9.86. The van der Waals surface area contributed by atoms with E-state index in [9.17, 15) is 9.90 Å². The molecular weight excluding hydrogens is 358 g/mol. The Labute approximate surface area is 162 Å². The molecule has 0 saturated carbocycles. The van der Waals surface area contributed by atoms with E-state index in [0.29, 0.717) is 30.1 Å². The van der Waals surface area contributed by atoms with Gasteiger partial charge in [0.25, 0.3) is 0 Å². The molecule has 5 rings (SSSR count). The van der Waals surface area contributed by atoms with Crippen LogP contribution in [0.1, 0.15) is 35.3 Å². The van der Waals surface area contributed by atoms with Crippen LogP contribution in [0, 0.1) is 13.8 Å². The number of thiazole rings is 1. The first-order valence-corrected chi connectivity index (χ1v) is 9.44. The number of aryl methyl sites for hydroxylation is 2. The number of rotatable bonds is 1. The van der Waals surface area contributed by atoms with Gasteiger partial charge in [0, 0.05) is 24.2 Å². The van der Waals surface area contributed by atoms with Crippen molar-refractivity contribution in [2.24, 2.45) is 4.99 Å². The van der Waals surface area contributed by atoms with Crippen molar-refractivity contribution in [2.45, 2.75) is 33.3 Å². The molecule has 1 atom stereocenters. The van der Waals surface area contributed by atoms with E-state index in [-0.39, 0.29) is 13.2 Å². The smallest absolute Gasteiger partial charge is 0.204 e. The zero-order chi connectivity index (χ0) is 18.1. The van der Waals surface area contributed by atoms with Crippen molar-refractivity contribution in [3.8, 4) is 0 Å². The molecule has 1 saturated heterocycles. The number of amidine groups is 1. The molecule has 2 aromatic carbocycles. The summed E-state index contributed by atoms with van der Waals surface area (Å²) in [5, 5.41) is 11.2. The van der Waals surface area contributed by atoms with E-state index < -0.39 is 5.60 Å². The van der Waals surface area contributed by atoms with Crippen LogP contribution in [0.5, 0.6) is 0 Å². The number of hydrogen-bond acceptors (Lipinski definition) is 6. The minimum atomic E-state index is -1.55. The Bertz CT molecular complexity index is 1120. The van der Waals surface area contributed by atoms with Crippen molar-refractivity contribution in [1.82, 2.24) is 4.98 Å². The Morgan fingerprint density at radius 1 is 1.19 bits per heavy atom. The van der Waals surface area contributed by atoms with Gasteiger partial charge in [-0.05, 0) is 55.3 Å². The van der Waals surface area contributed by atoms with Crippen LogP contribution in [-0.2, 0) is 0 Å². The standard InChI is InChI=1S/C20H17N3O2S.CH4/c1-11-7-14-15(8-12(11)2)22-19-20(25,18(14)24)5-6-23(19)13-3-4-17-16(9-13)21-10-26-17;/h3-4,7-10,25H,5-6H2,1-2H3;1H4/t20-;/m1./s1. The number of anilines is 1. The molecule has 3 aromatic rings. The molecule has 0 radical (unpaired) electrons. The fraction of sp³-hybridized carbons (Fsp3) is 0.286. The fourth-order valence-corrected chi connectivity index (χ4v) is 4.42. The average molecular weight is 379 g/mol. The molecule has 1 aromatic heterocycles. The van der Waals surface area contributed by atoms with E-state index in [4.69, 9.17) is 4.99 Å². The summed E-state index contributed by atoms with van der Waals surface area (Å²) in [7, 11) is 0. The van der Waals surface area contributed by atoms with Crippen LogP contribution in [0.15, 0.2) is 40.8 Å². The van der Waals surface area contributed by atoms with Gasteiger partial charge in [-0.25, -0.2) is 9.98 Å². The third-order valence-corrected chi connectivity index (χ3v) is 6.22. The van der Waals surface area contributed by atoms with Gasteiger partial charge in [-0.15, -0.1) is 11.3 Å². The van der Waals surface area contributed by atoms with Gasteiger partial charge >= 0.3 is 0 Å². The highest BCUT2D eigenvalue weighted by Gasteiger charge is 2.52. The molecule has 1 fully saturated rings. The van der Waals surface area contributed by atoms with Crippen molar-refractivity contribution >= 4 is 44.5 Å².